The van der Waals surface area contributed by atoms with Crippen molar-refractivity contribution in [3.8, 4) is 0 Å². The number of rotatable bonds is 4. The van der Waals surface area contributed by atoms with Gasteiger partial charge in [-0.15, -0.1) is 0 Å². The number of benzene rings is 1. The molecule has 2 aromatic heterocycles. The standard InChI is InChI=1S/C19H21N3O2/c1-4-21-11-9-16-15(19(21)24)8-10-22(16)12-17(23)20-18-13(2)6-5-7-14(18)3/h5-11H,4,12H2,1-3H3,(H,20,23). The molecule has 1 aromatic carbocycles. The number of carbonyl (C=O) groups is 1. The molecule has 0 fully saturated rings. The van der Waals surface area contributed by atoms with Crippen molar-refractivity contribution < 1.29 is 4.79 Å². The lowest BCUT2D eigenvalue weighted by Gasteiger charge is -2.12. The van der Waals surface area contributed by atoms with Gasteiger partial charge in [-0.2, -0.15) is 0 Å². The predicted octanol–water partition coefficient (Wildman–Crippen LogP) is 3.08. The third-order valence-electron chi connectivity index (χ3n) is 4.31. The summed E-state index contributed by atoms with van der Waals surface area (Å²) in [6.07, 6.45) is 3.56. The molecule has 1 N–H and O–H groups in total. The second-order valence-electron chi connectivity index (χ2n) is 5.96. The minimum Gasteiger partial charge on any atom is -0.338 e. The van der Waals surface area contributed by atoms with Crippen molar-refractivity contribution in [3.05, 3.63) is 64.2 Å². The quantitative estimate of drug-likeness (QED) is 0.802. The molecule has 0 spiro atoms. The molecular formula is C19H21N3O2. The molecule has 1 amide bonds. The fraction of sp³-hybridized carbons (Fsp3) is 0.263. The van der Waals surface area contributed by atoms with Gasteiger partial charge in [-0.3, -0.25) is 9.59 Å². The highest BCUT2D eigenvalue weighted by Gasteiger charge is 2.11. The highest BCUT2D eigenvalue weighted by molar-refractivity contribution is 5.93. The smallest absolute Gasteiger partial charge is 0.259 e. The zero-order chi connectivity index (χ0) is 17.3. The van der Waals surface area contributed by atoms with Gasteiger partial charge in [-0.05, 0) is 44.0 Å². The van der Waals surface area contributed by atoms with E-state index in [0.717, 1.165) is 22.3 Å². The molecule has 3 rings (SSSR count). The van der Waals surface area contributed by atoms with Crippen molar-refractivity contribution in [1.82, 2.24) is 9.13 Å². The van der Waals surface area contributed by atoms with E-state index < -0.39 is 0 Å². The van der Waals surface area contributed by atoms with Crippen LogP contribution in [0.1, 0.15) is 18.1 Å². The van der Waals surface area contributed by atoms with Gasteiger partial charge >= 0.3 is 0 Å². The van der Waals surface area contributed by atoms with E-state index in [1.165, 1.54) is 0 Å². The van der Waals surface area contributed by atoms with Crippen LogP contribution >= 0.6 is 0 Å². The maximum absolute atomic E-state index is 12.4. The van der Waals surface area contributed by atoms with E-state index in [1.807, 2.05) is 45.0 Å². The third kappa shape index (κ3) is 2.85. The number of fused-ring (bicyclic) bond motifs is 1. The number of aromatic nitrogens is 2. The topological polar surface area (TPSA) is 56.0 Å². The molecule has 0 atom stereocenters. The van der Waals surface area contributed by atoms with Gasteiger partial charge in [0.25, 0.3) is 5.56 Å². The minimum absolute atomic E-state index is 0.0242. The van der Waals surface area contributed by atoms with Crippen LogP contribution in [0.5, 0.6) is 0 Å². The minimum atomic E-state index is -0.107. The maximum Gasteiger partial charge on any atom is 0.259 e. The van der Waals surface area contributed by atoms with Crippen LogP contribution in [0.25, 0.3) is 10.9 Å². The second-order valence-corrected chi connectivity index (χ2v) is 5.96. The Hall–Kier alpha value is -2.82. The first-order chi connectivity index (χ1) is 11.5. The number of carbonyl (C=O) groups excluding carboxylic acids is 1. The average molecular weight is 323 g/mol. The SMILES string of the molecule is CCn1ccc2c(ccn2CC(=O)Nc2c(C)cccc2C)c1=O. The first kappa shape index (κ1) is 16.1. The average Bonchev–Trinajstić information content (AvgIpc) is 2.95. The summed E-state index contributed by atoms with van der Waals surface area (Å²) < 4.78 is 3.46. The summed E-state index contributed by atoms with van der Waals surface area (Å²) >= 11 is 0. The van der Waals surface area contributed by atoms with E-state index in [9.17, 15) is 9.59 Å². The number of anilines is 1. The zero-order valence-electron chi connectivity index (χ0n) is 14.2. The number of aryl methyl sites for hydroxylation is 3. The third-order valence-corrected chi connectivity index (χ3v) is 4.31. The summed E-state index contributed by atoms with van der Waals surface area (Å²) in [5.74, 6) is -0.107. The number of hydrogen-bond acceptors (Lipinski definition) is 2. The molecule has 24 heavy (non-hydrogen) atoms. The van der Waals surface area contributed by atoms with Crippen molar-refractivity contribution in [2.24, 2.45) is 0 Å². The fourth-order valence-corrected chi connectivity index (χ4v) is 2.97. The molecule has 0 bridgehead atoms. The number of nitrogens with one attached hydrogen (secondary N) is 1. The molecule has 5 nitrogen and oxygen atoms in total. The van der Waals surface area contributed by atoms with E-state index in [4.69, 9.17) is 0 Å². The summed E-state index contributed by atoms with van der Waals surface area (Å²) in [6, 6.07) is 9.57. The van der Waals surface area contributed by atoms with Crippen LogP contribution in [-0.2, 0) is 17.9 Å². The van der Waals surface area contributed by atoms with E-state index in [2.05, 4.69) is 5.32 Å². The Morgan fingerprint density at radius 3 is 2.38 bits per heavy atom. The Kier molecular flexibility index (Phi) is 4.25. The van der Waals surface area contributed by atoms with Gasteiger partial charge in [0.05, 0.1) is 10.9 Å². The van der Waals surface area contributed by atoms with E-state index in [-0.39, 0.29) is 18.0 Å². The Labute approximate surface area is 140 Å². The molecule has 0 radical (unpaired) electrons. The van der Waals surface area contributed by atoms with Gasteiger partial charge in [0.2, 0.25) is 5.91 Å². The molecule has 0 aliphatic rings. The van der Waals surface area contributed by atoms with Gasteiger partial charge in [-0.25, -0.2) is 0 Å². The van der Waals surface area contributed by atoms with Crippen LogP contribution in [0, 0.1) is 13.8 Å². The normalized spacial score (nSPS) is 11.0. The van der Waals surface area contributed by atoms with Crippen LogP contribution in [0.4, 0.5) is 5.69 Å². The Balaban J connectivity index is 1.86. The molecule has 3 aromatic rings. The van der Waals surface area contributed by atoms with Crippen LogP contribution in [0.3, 0.4) is 0 Å². The van der Waals surface area contributed by atoms with Gasteiger partial charge in [0, 0.05) is 24.6 Å². The number of nitrogens with zero attached hydrogens (tertiary/aromatic N) is 2. The molecule has 0 unspecified atom stereocenters. The molecular weight excluding hydrogens is 302 g/mol. The van der Waals surface area contributed by atoms with Crippen molar-refractivity contribution in [2.75, 3.05) is 5.32 Å². The van der Waals surface area contributed by atoms with Gasteiger partial charge in [0.15, 0.2) is 0 Å². The van der Waals surface area contributed by atoms with Crippen LogP contribution < -0.4 is 10.9 Å². The van der Waals surface area contributed by atoms with Gasteiger partial charge in [-0.1, -0.05) is 18.2 Å². The Morgan fingerprint density at radius 1 is 1.04 bits per heavy atom. The van der Waals surface area contributed by atoms with Crippen molar-refractivity contribution in [3.63, 3.8) is 0 Å². The highest BCUT2D eigenvalue weighted by Crippen LogP contribution is 2.19. The second kappa shape index (κ2) is 6.35. The number of hydrogen-bond donors (Lipinski definition) is 1. The molecule has 0 saturated carbocycles. The zero-order valence-corrected chi connectivity index (χ0v) is 14.2. The molecule has 5 heteroatoms. The first-order valence-corrected chi connectivity index (χ1v) is 8.05. The van der Waals surface area contributed by atoms with Crippen molar-refractivity contribution in [1.29, 1.82) is 0 Å². The van der Waals surface area contributed by atoms with E-state index >= 15 is 0 Å². The number of para-hydroxylation sites is 1. The summed E-state index contributed by atoms with van der Waals surface area (Å²) in [5, 5.41) is 3.61. The predicted molar refractivity (Wildman–Crippen MR) is 96.4 cm³/mol. The van der Waals surface area contributed by atoms with E-state index in [1.54, 1.807) is 27.6 Å². The highest BCUT2D eigenvalue weighted by atomic mass is 16.2. The monoisotopic (exact) mass is 323 g/mol. The van der Waals surface area contributed by atoms with Crippen molar-refractivity contribution in [2.45, 2.75) is 33.9 Å². The lowest BCUT2D eigenvalue weighted by Crippen LogP contribution is -2.21. The molecule has 124 valence electrons. The summed E-state index contributed by atoms with van der Waals surface area (Å²) in [6.45, 7) is 6.68. The fourth-order valence-electron chi connectivity index (χ4n) is 2.97. The Bertz CT molecular complexity index is 946. The van der Waals surface area contributed by atoms with Gasteiger partial charge in [0.1, 0.15) is 6.54 Å². The lowest BCUT2D eigenvalue weighted by molar-refractivity contribution is -0.116. The largest absolute Gasteiger partial charge is 0.338 e. The molecule has 0 saturated heterocycles. The Morgan fingerprint density at radius 2 is 1.71 bits per heavy atom. The number of pyridine rings is 1. The van der Waals surface area contributed by atoms with Crippen LogP contribution in [0.2, 0.25) is 0 Å². The summed E-state index contributed by atoms with van der Waals surface area (Å²) in [7, 11) is 0. The maximum atomic E-state index is 12.4. The van der Waals surface area contributed by atoms with Crippen LogP contribution in [0.15, 0.2) is 47.5 Å². The van der Waals surface area contributed by atoms with Gasteiger partial charge < -0.3 is 14.5 Å². The summed E-state index contributed by atoms with van der Waals surface area (Å²) in [5.41, 5.74) is 3.68. The van der Waals surface area contributed by atoms with Crippen molar-refractivity contribution >= 4 is 22.5 Å². The molecule has 2 heterocycles. The van der Waals surface area contributed by atoms with E-state index in [0.29, 0.717) is 11.9 Å². The first-order valence-electron chi connectivity index (χ1n) is 8.05. The molecule has 0 aliphatic carbocycles. The lowest BCUT2D eigenvalue weighted by atomic mass is 10.1. The summed E-state index contributed by atoms with van der Waals surface area (Å²) in [4.78, 5) is 24.7. The molecule has 0 aliphatic heterocycles. The number of amides is 1. The van der Waals surface area contributed by atoms with Crippen LogP contribution in [-0.4, -0.2) is 15.0 Å².